The molecular weight excluding hydrogens is 253 g/mol. The minimum Gasteiger partial charge on any atom is -0.315 e. The molecule has 0 aliphatic carbocycles. The molecule has 0 amide bonds. The third-order valence-electron chi connectivity index (χ3n) is 3.91. The molecule has 1 aliphatic rings. The van der Waals surface area contributed by atoms with Gasteiger partial charge in [0.15, 0.2) is 0 Å². The van der Waals surface area contributed by atoms with Gasteiger partial charge in [0, 0.05) is 32.2 Å². The van der Waals surface area contributed by atoms with Crippen LogP contribution in [0.4, 0.5) is 13.2 Å². The SMILES string of the molecule is CC(C)CCCC(C)N1CCNCC(C(F)(F)F)C1. The maximum Gasteiger partial charge on any atom is 0.394 e. The van der Waals surface area contributed by atoms with Crippen LogP contribution in [-0.4, -0.2) is 43.3 Å². The van der Waals surface area contributed by atoms with Crippen molar-refractivity contribution in [2.75, 3.05) is 26.2 Å². The van der Waals surface area contributed by atoms with Crippen LogP contribution >= 0.6 is 0 Å². The Morgan fingerprint density at radius 1 is 1.21 bits per heavy atom. The molecule has 0 saturated carbocycles. The van der Waals surface area contributed by atoms with E-state index in [-0.39, 0.29) is 19.1 Å². The van der Waals surface area contributed by atoms with Gasteiger partial charge in [0.05, 0.1) is 5.92 Å². The predicted molar refractivity (Wildman–Crippen MR) is 72.1 cm³/mol. The van der Waals surface area contributed by atoms with Crippen LogP contribution in [0.3, 0.4) is 0 Å². The van der Waals surface area contributed by atoms with Crippen LogP contribution in [0.5, 0.6) is 0 Å². The summed E-state index contributed by atoms with van der Waals surface area (Å²) >= 11 is 0. The zero-order valence-corrected chi connectivity index (χ0v) is 12.3. The molecule has 5 heteroatoms. The van der Waals surface area contributed by atoms with E-state index in [2.05, 4.69) is 26.1 Å². The molecule has 1 saturated heterocycles. The van der Waals surface area contributed by atoms with Crippen molar-refractivity contribution in [3.8, 4) is 0 Å². The topological polar surface area (TPSA) is 15.3 Å². The van der Waals surface area contributed by atoms with Crippen LogP contribution in [0, 0.1) is 11.8 Å². The Morgan fingerprint density at radius 3 is 2.47 bits per heavy atom. The van der Waals surface area contributed by atoms with E-state index in [0.29, 0.717) is 12.5 Å². The summed E-state index contributed by atoms with van der Waals surface area (Å²) in [6, 6.07) is 0.239. The minimum atomic E-state index is -4.09. The van der Waals surface area contributed by atoms with Crippen molar-refractivity contribution in [3.05, 3.63) is 0 Å². The number of alkyl halides is 3. The maximum atomic E-state index is 12.8. The second-order valence-electron chi connectivity index (χ2n) is 6.11. The number of hydrogen-bond donors (Lipinski definition) is 1. The maximum absolute atomic E-state index is 12.8. The van der Waals surface area contributed by atoms with Crippen LogP contribution in [0.15, 0.2) is 0 Å². The normalized spacial score (nSPS) is 24.5. The lowest BCUT2D eigenvalue weighted by molar-refractivity contribution is -0.176. The van der Waals surface area contributed by atoms with E-state index in [0.717, 1.165) is 25.8 Å². The highest BCUT2D eigenvalue weighted by Gasteiger charge is 2.41. The van der Waals surface area contributed by atoms with Crippen LogP contribution in [0.25, 0.3) is 0 Å². The molecule has 2 nitrogen and oxygen atoms in total. The summed E-state index contributed by atoms with van der Waals surface area (Å²) in [5.74, 6) is -0.566. The van der Waals surface area contributed by atoms with Crippen molar-refractivity contribution in [1.29, 1.82) is 0 Å². The molecule has 0 aromatic heterocycles. The van der Waals surface area contributed by atoms with E-state index in [1.165, 1.54) is 0 Å². The first-order chi connectivity index (χ1) is 8.80. The zero-order chi connectivity index (χ0) is 14.5. The van der Waals surface area contributed by atoms with Gasteiger partial charge in [-0.3, -0.25) is 4.90 Å². The third kappa shape index (κ3) is 6.13. The average molecular weight is 280 g/mol. The summed E-state index contributed by atoms with van der Waals surface area (Å²) in [5, 5.41) is 2.90. The van der Waals surface area contributed by atoms with Crippen LogP contribution in [0.2, 0.25) is 0 Å². The van der Waals surface area contributed by atoms with Gasteiger partial charge in [-0.15, -0.1) is 0 Å². The predicted octanol–water partition coefficient (Wildman–Crippen LogP) is 3.28. The molecule has 0 radical (unpaired) electrons. The molecule has 2 atom stereocenters. The van der Waals surface area contributed by atoms with E-state index < -0.39 is 12.1 Å². The van der Waals surface area contributed by atoms with Gasteiger partial charge in [0.2, 0.25) is 0 Å². The Kier molecular flexibility index (Phi) is 6.60. The molecule has 0 aromatic carbocycles. The van der Waals surface area contributed by atoms with E-state index in [1.807, 2.05) is 4.90 Å². The molecular formula is C14H27F3N2. The molecule has 0 aromatic rings. The molecule has 19 heavy (non-hydrogen) atoms. The first kappa shape index (κ1) is 16.8. The fraction of sp³-hybridized carbons (Fsp3) is 1.00. The summed E-state index contributed by atoms with van der Waals surface area (Å²) in [6.45, 7) is 7.98. The Morgan fingerprint density at radius 2 is 1.89 bits per heavy atom. The molecule has 114 valence electrons. The lowest BCUT2D eigenvalue weighted by Crippen LogP contribution is -2.41. The summed E-state index contributed by atoms with van der Waals surface area (Å²) in [7, 11) is 0. The van der Waals surface area contributed by atoms with E-state index >= 15 is 0 Å². The second-order valence-corrected chi connectivity index (χ2v) is 6.11. The summed E-state index contributed by atoms with van der Waals surface area (Å²) < 4.78 is 38.5. The molecule has 1 fully saturated rings. The van der Waals surface area contributed by atoms with Gasteiger partial charge in [0.1, 0.15) is 0 Å². The minimum absolute atomic E-state index is 0.0543. The van der Waals surface area contributed by atoms with Crippen LogP contribution < -0.4 is 5.32 Å². The lowest BCUT2D eigenvalue weighted by atomic mass is 10.0. The summed E-state index contributed by atoms with van der Waals surface area (Å²) in [6.07, 6.45) is -0.853. The summed E-state index contributed by atoms with van der Waals surface area (Å²) in [4.78, 5) is 2.00. The molecule has 0 spiro atoms. The van der Waals surface area contributed by atoms with E-state index in [4.69, 9.17) is 0 Å². The van der Waals surface area contributed by atoms with Crippen molar-refractivity contribution in [2.45, 2.75) is 52.3 Å². The van der Waals surface area contributed by atoms with Crippen LogP contribution in [-0.2, 0) is 0 Å². The Balaban J connectivity index is 2.46. The molecule has 1 heterocycles. The zero-order valence-electron chi connectivity index (χ0n) is 12.3. The van der Waals surface area contributed by atoms with Gasteiger partial charge in [-0.1, -0.05) is 26.7 Å². The van der Waals surface area contributed by atoms with E-state index in [1.54, 1.807) is 0 Å². The first-order valence-electron chi connectivity index (χ1n) is 7.32. The quantitative estimate of drug-likeness (QED) is 0.831. The highest BCUT2D eigenvalue weighted by molar-refractivity contribution is 4.81. The molecule has 2 unspecified atom stereocenters. The van der Waals surface area contributed by atoms with Gasteiger partial charge >= 0.3 is 6.18 Å². The molecule has 1 rings (SSSR count). The second kappa shape index (κ2) is 7.48. The fourth-order valence-electron chi connectivity index (χ4n) is 2.56. The number of halogens is 3. The Labute approximate surface area is 114 Å². The number of rotatable bonds is 5. The highest BCUT2D eigenvalue weighted by Crippen LogP contribution is 2.28. The number of hydrogen-bond acceptors (Lipinski definition) is 2. The molecule has 1 N–H and O–H groups in total. The van der Waals surface area contributed by atoms with Crippen molar-refractivity contribution in [3.63, 3.8) is 0 Å². The highest BCUT2D eigenvalue weighted by atomic mass is 19.4. The third-order valence-corrected chi connectivity index (χ3v) is 3.91. The van der Waals surface area contributed by atoms with Gasteiger partial charge in [-0.2, -0.15) is 13.2 Å². The molecule has 1 aliphatic heterocycles. The van der Waals surface area contributed by atoms with Crippen molar-refractivity contribution in [2.24, 2.45) is 11.8 Å². The van der Waals surface area contributed by atoms with Crippen molar-refractivity contribution < 1.29 is 13.2 Å². The smallest absolute Gasteiger partial charge is 0.315 e. The average Bonchev–Trinajstić information content (AvgIpc) is 2.53. The van der Waals surface area contributed by atoms with Gasteiger partial charge in [0.25, 0.3) is 0 Å². The number of nitrogens with one attached hydrogen (secondary N) is 1. The molecule has 0 bridgehead atoms. The Hall–Kier alpha value is -0.290. The summed E-state index contributed by atoms with van der Waals surface area (Å²) in [5.41, 5.74) is 0. The number of nitrogens with zero attached hydrogens (tertiary/aromatic N) is 1. The largest absolute Gasteiger partial charge is 0.394 e. The Bertz CT molecular complexity index is 254. The fourth-order valence-corrected chi connectivity index (χ4v) is 2.56. The lowest BCUT2D eigenvalue weighted by Gasteiger charge is -2.30. The van der Waals surface area contributed by atoms with Crippen molar-refractivity contribution >= 4 is 0 Å². The van der Waals surface area contributed by atoms with Gasteiger partial charge in [-0.05, 0) is 19.3 Å². The van der Waals surface area contributed by atoms with Gasteiger partial charge < -0.3 is 5.32 Å². The van der Waals surface area contributed by atoms with Crippen molar-refractivity contribution in [1.82, 2.24) is 10.2 Å². The standard InChI is InChI=1S/C14H27F3N2/c1-11(2)5-4-6-12(3)19-8-7-18-9-13(10-19)14(15,16)17/h11-13,18H,4-10H2,1-3H3. The van der Waals surface area contributed by atoms with E-state index in [9.17, 15) is 13.2 Å². The first-order valence-corrected chi connectivity index (χ1v) is 7.32. The van der Waals surface area contributed by atoms with Crippen LogP contribution in [0.1, 0.15) is 40.0 Å². The van der Waals surface area contributed by atoms with Gasteiger partial charge in [-0.25, -0.2) is 0 Å². The monoisotopic (exact) mass is 280 g/mol.